The number of carbonyl (C=O) groups excluding carboxylic acids is 1. The van der Waals surface area contributed by atoms with Crippen LogP contribution in [-0.2, 0) is 4.74 Å². The van der Waals surface area contributed by atoms with Crippen molar-refractivity contribution in [1.82, 2.24) is 0 Å². The van der Waals surface area contributed by atoms with E-state index < -0.39 is 0 Å². The molecule has 0 saturated carbocycles. The van der Waals surface area contributed by atoms with Crippen molar-refractivity contribution in [3.05, 3.63) is 76.8 Å². The van der Waals surface area contributed by atoms with Gasteiger partial charge in [-0.15, -0.1) is 0 Å². The number of rotatable bonds is 3. The first-order valence-corrected chi connectivity index (χ1v) is 8.24. The van der Waals surface area contributed by atoms with Gasteiger partial charge in [0.2, 0.25) is 0 Å². The predicted octanol–water partition coefficient (Wildman–Crippen LogP) is 5.41. The number of halogens is 1. The van der Waals surface area contributed by atoms with Crippen molar-refractivity contribution in [1.29, 1.82) is 0 Å². The van der Waals surface area contributed by atoms with Gasteiger partial charge in [-0.3, -0.25) is 4.90 Å². The molecular formula is C20H18ClNO2. The second kappa shape index (κ2) is 7.37. The summed E-state index contributed by atoms with van der Waals surface area (Å²) >= 11 is 5.91. The number of hydrogen-bond donors (Lipinski definition) is 0. The molecule has 1 amide bonds. The largest absolute Gasteiger partial charge is 0.449 e. The molecule has 0 aromatic heterocycles. The van der Waals surface area contributed by atoms with Gasteiger partial charge in [0.25, 0.3) is 0 Å². The third-order valence-electron chi connectivity index (χ3n) is 3.79. The number of para-hydroxylation sites is 1. The summed E-state index contributed by atoms with van der Waals surface area (Å²) in [6, 6.07) is 15.2. The molecule has 0 radical (unpaired) electrons. The maximum Gasteiger partial charge on any atom is 0.415 e. The molecule has 0 aliphatic carbocycles. The number of amides is 1. The Hall–Kier alpha value is -2.52. The smallest absolute Gasteiger partial charge is 0.415 e. The zero-order valence-corrected chi connectivity index (χ0v) is 14.1. The van der Waals surface area contributed by atoms with Crippen LogP contribution >= 0.6 is 11.6 Å². The second-order valence-electron chi connectivity index (χ2n) is 5.39. The number of fused-ring (bicyclic) bond motifs is 1. The second-order valence-corrected chi connectivity index (χ2v) is 5.82. The van der Waals surface area contributed by atoms with Gasteiger partial charge >= 0.3 is 6.09 Å². The number of anilines is 1. The minimum atomic E-state index is -0.347. The number of hydrogen-bond acceptors (Lipinski definition) is 2. The van der Waals surface area contributed by atoms with E-state index in [9.17, 15) is 4.79 Å². The monoisotopic (exact) mass is 339 g/mol. The number of carbonyl (C=O) groups is 1. The molecule has 1 heterocycles. The third-order valence-corrected chi connectivity index (χ3v) is 4.04. The van der Waals surface area contributed by atoms with Crippen LogP contribution in [0.3, 0.4) is 0 Å². The quantitative estimate of drug-likeness (QED) is 0.748. The molecular weight excluding hydrogens is 322 g/mol. The Balaban J connectivity index is 1.91. The van der Waals surface area contributed by atoms with E-state index >= 15 is 0 Å². The Bertz CT molecular complexity index is 780. The van der Waals surface area contributed by atoms with Crippen LogP contribution in [-0.4, -0.2) is 18.7 Å². The minimum absolute atomic E-state index is 0.199. The summed E-state index contributed by atoms with van der Waals surface area (Å²) in [4.78, 5) is 14.1. The lowest BCUT2D eigenvalue weighted by Gasteiger charge is -2.31. The molecule has 0 bridgehead atoms. The molecule has 0 spiro atoms. The Morgan fingerprint density at radius 3 is 2.71 bits per heavy atom. The summed E-state index contributed by atoms with van der Waals surface area (Å²) in [6.45, 7) is 2.15. The molecule has 2 aromatic rings. The van der Waals surface area contributed by atoms with Gasteiger partial charge in [0.15, 0.2) is 0 Å². The van der Waals surface area contributed by atoms with Gasteiger partial charge in [0, 0.05) is 5.02 Å². The van der Waals surface area contributed by atoms with E-state index in [0.29, 0.717) is 11.6 Å². The van der Waals surface area contributed by atoms with Gasteiger partial charge in [-0.1, -0.05) is 66.2 Å². The Labute approximate surface area is 146 Å². The Morgan fingerprint density at radius 1 is 1.21 bits per heavy atom. The summed E-state index contributed by atoms with van der Waals surface area (Å²) < 4.78 is 5.24. The van der Waals surface area contributed by atoms with Crippen LogP contribution in [0.1, 0.15) is 18.1 Å². The van der Waals surface area contributed by atoms with Gasteiger partial charge in [0.1, 0.15) is 0 Å². The summed E-state index contributed by atoms with van der Waals surface area (Å²) in [5.74, 6) is 0. The van der Waals surface area contributed by atoms with Crippen LogP contribution in [0, 0.1) is 0 Å². The van der Waals surface area contributed by atoms with E-state index in [0.717, 1.165) is 16.8 Å². The fourth-order valence-electron chi connectivity index (χ4n) is 2.64. The van der Waals surface area contributed by atoms with E-state index in [1.165, 1.54) is 0 Å². The predicted molar refractivity (Wildman–Crippen MR) is 99.3 cm³/mol. The molecule has 1 atom stereocenters. The molecule has 0 unspecified atom stereocenters. The van der Waals surface area contributed by atoms with Crippen LogP contribution in [0.4, 0.5) is 10.5 Å². The molecule has 1 aliphatic heterocycles. The highest BCUT2D eigenvalue weighted by atomic mass is 35.5. The van der Waals surface area contributed by atoms with Gasteiger partial charge < -0.3 is 4.74 Å². The van der Waals surface area contributed by atoms with Crippen LogP contribution < -0.4 is 4.90 Å². The number of nitrogens with zero attached hydrogens (tertiary/aromatic N) is 1. The molecule has 2 aromatic carbocycles. The fourth-order valence-corrected chi connectivity index (χ4v) is 2.77. The highest BCUT2D eigenvalue weighted by Gasteiger charge is 2.27. The zero-order valence-electron chi connectivity index (χ0n) is 13.4. The lowest BCUT2D eigenvalue weighted by molar-refractivity contribution is 0.159. The Morgan fingerprint density at radius 2 is 1.96 bits per heavy atom. The number of benzene rings is 2. The third kappa shape index (κ3) is 3.52. The van der Waals surface area contributed by atoms with Crippen LogP contribution in [0.5, 0.6) is 0 Å². The van der Waals surface area contributed by atoms with Crippen molar-refractivity contribution in [3.8, 4) is 0 Å². The number of ether oxygens (including phenoxy) is 1. The molecule has 0 fully saturated rings. The zero-order chi connectivity index (χ0) is 16.9. The molecule has 3 rings (SSSR count). The summed E-state index contributed by atoms with van der Waals surface area (Å²) in [5.41, 5.74) is 2.88. The molecule has 0 saturated heterocycles. The lowest BCUT2D eigenvalue weighted by Crippen LogP contribution is -2.40. The molecule has 0 N–H and O–H groups in total. The van der Waals surface area contributed by atoms with E-state index in [2.05, 4.69) is 0 Å². The van der Waals surface area contributed by atoms with E-state index in [4.69, 9.17) is 16.3 Å². The highest BCUT2D eigenvalue weighted by Crippen LogP contribution is 2.30. The van der Waals surface area contributed by atoms with Crippen molar-refractivity contribution in [2.75, 3.05) is 11.5 Å². The van der Waals surface area contributed by atoms with Crippen molar-refractivity contribution in [2.45, 2.75) is 13.0 Å². The van der Waals surface area contributed by atoms with Crippen LogP contribution in [0.15, 0.2) is 60.7 Å². The van der Waals surface area contributed by atoms with Crippen LogP contribution in [0.25, 0.3) is 12.2 Å². The highest BCUT2D eigenvalue weighted by molar-refractivity contribution is 6.30. The van der Waals surface area contributed by atoms with E-state index in [1.807, 2.05) is 79.8 Å². The summed E-state index contributed by atoms with van der Waals surface area (Å²) in [6.07, 6.45) is 7.63. The van der Waals surface area contributed by atoms with Crippen molar-refractivity contribution >= 4 is 35.5 Å². The molecule has 1 aliphatic rings. The first kappa shape index (κ1) is 16.3. The van der Waals surface area contributed by atoms with Crippen molar-refractivity contribution < 1.29 is 9.53 Å². The summed E-state index contributed by atoms with van der Waals surface area (Å²) in [7, 11) is 0. The summed E-state index contributed by atoms with van der Waals surface area (Å²) in [5, 5.41) is 0.701. The first-order valence-electron chi connectivity index (χ1n) is 7.86. The average Bonchev–Trinajstić information content (AvgIpc) is 2.61. The first-order chi connectivity index (χ1) is 11.7. The van der Waals surface area contributed by atoms with Crippen molar-refractivity contribution in [2.24, 2.45) is 0 Å². The SMILES string of the molecule is CCOC(=O)N1c2ccccc2C=C[C@@H]1/C=C/c1ccc(Cl)cc1. The van der Waals surface area contributed by atoms with Crippen molar-refractivity contribution in [3.63, 3.8) is 0 Å². The van der Waals surface area contributed by atoms with E-state index in [1.54, 1.807) is 4.90 Å². The van der Waals surface area contributed by atoms with E-state index in [-0.39, 0.29) is 12.1 Å². The van der Waals surface area contributed by atoms with Gasteiger partial charge in [-0.05, 0) is 36.2 Å². The lowest BCUT2D eigenvalue weighted by atomic mass is 10.0. The molecule has 4 heteroatoms. The van der Waals surface area contributed by atoms with Gasteiger partial charge in [-0.25, -0.2) is 4.79 Å². The average molecular weight is 340 g/mol. The van der Waals surface area contributed by atoms with Gasteiger partial charge in [-0.2, -0.15) is 0 Å². The fraction of sp³-hybridized carbons (Fsp3) is 0.150. The Kier molecular flexibility index (Phi) is 5.02. The topological polar surface area (TPSA) is 29.5 Å². The maximum atomic E-state index is 12.4. The van der Waals surface area contributed by atoms with Crippen LogP contribution in [0.2, 0.25) is 5.02 Å². The molecule has 24 heavy (non-hydrogen) atoms. The standard InChI is InChI=1S/C20H18ClNO2/c1-2-24-20(23)22-18(13-9-15-7-11-17(21)12-8-15)14-10-16-5-3-4-6-19(16)22/h3-14,18H,2H2,1H3/b13-9+/t18-/m0/s1. The van der Waals surface area contributed by atoms with Gasteiger partial charge in [0.05, 0.1) is 18.3 Å². The normalized spacial score (nSPS) is 16.2. The minimum Gasteiger partial charge on any atom is -0.449 e. The maximum absolute atomic E-state index is 12.4. The molecule has 122 valence electrons. The molecule has 3 nitrogen and oxygen atoms in total.